The van der Waals surface area contributed by atoms with Crippen molar-refractivity contribution < 1.29 is 0 Å². The number of halogens is 2. The average molecular weight is 220 g/mol. The fourth-order valence-electron chi connectivity index (χ4n) is 0.653. The predicted octanol–water partition coefficient (Wildman–Crippen LogP) is 2.89. The van der Waals surface area contributed by atoms with E-state index in [2.05, 4.69) is 20.9 Å². The van der Waals surface area contributed by atoms with Gasteiger partial charge in [-0.15, -0.1) is 11.6 Å². The first kappa shape index (κ1) is 8.02. The van der Waals surface area contributed by atoms with Crippen molar-refractivity contribution in [2.75, 3.05) is 0 Å². The molecule has 1 nitrogen and oxygen atoms in total. The van der Waals surface area contributed by atoms with Gasteiger partial charge in [-0.05, 0) is 18.6 Å². The molecule has 3 heteroatoms. The van der Waals surface area contributed by atoms with Gasteiger partial charge in [0.1, 0.15) is 0 Å². The molecule has 0 amide bonds. The zero-order valence-electron chi connectivity index (χ0n) is 5.56. The van der Waals surface area contributed by atoms with Crippen LogP contribution in [0.1, 0.15) is 11.3 Å². The van der Waals surface area contributed by atoms with Crippen LogP contribution in [-0.2, 0) is 5.88 Å². The third-order valence-corrected chi connectivity index (χ3v) is 2.24. The molecule has 0 aliphatic rings. The summed E-state index contributed by atoms with van der Waals surface area (Å²) in [5.74, 6) is 0.508. The van der Waals surface area contributed by atoms with E-state index in [1.807, 2.05) is 13.0 Å². The summed E-state index contributed by atoms with van der Waals surface area (Å²) in [5.41, 5.74) is 2.04. The van der Waals surface area contributed by atoms with E-state index in [0.717, 1.165) is 15.7 Å². The molecular formula is C7H7BrClN. The summed E-state index contributed by atoms with van der Waals surface area (Å²) in [7, 11) is 0. The highest BCUT2D eigenvalue weighted by Crippen LogP contribution is 2.17. The van der Waals surface area contributed by atoms with Crippen LogP contribution in [0.4, 0.5) is 0 Å². The molecule has 0 fully saturated rings. The van der Waals surface area contributed by atoms with Crippen LogP contribution >= 0.6 is 27.5 Å². The number of aryl methyl sites for hydroxylation is 1. The van der Waals surface area contributed by atoms with Crippen LogP contribution in [0.15, 0.2) is 16.7 Å². The number of hydrogen-bond acceptors (Lipinski definition) is 1. The number of aromatic nitrogens is 1. The highest BCUT2D eigenvalue weighted by Gasteiger charge is 1.97. The summed E-state index contributed by atoms with van der Waals surface area (Å²) in [6.07, 6.45) is 1.78. The molecule has 0 N–H and O–H groups in total. The molecule has 0 aliphatic carbocycles. The van der Waals surface area contributed by atoms with Crippen molar-refractivity contribution in [3.63, 3.8) is 0 Å². The first-order chi connectivity index (χ1) is 4.74. The van der Waals surface area contributed by atoms with Gasteiger partial charge in [-0.1, -0.05) is 15.9 Å². The Labute approximate surface area is 73.6 Å². The normalized spacial score (nSPS) is 9.90. The van der Waals surface area contributed by atoms with Crippen LogP contribution in [0.25, 0.3) is 0 Å². The first-order valence-corrected chi connectivity index (χ1v) is 4.24. The summed E-state index contributed by atoms with van der Waals surface area (Å²) >= 11 is 9.00. The molecule has 0 radical (unpaired) electrons. The lowest BCUT2D eigenvalue weighted by Crippen LogP contribution is -1.85. The lowest BCUT2D eigenvalue weighted by atomic mass is 10.3. The summed E-state index contributed by atoms with van der Waals surface area (Å²) in [5, 5.41) is 0. The van der Waals surface area contributed by atoms with Crippen LogP contribution in [0.3, 0.4) is 0 Å². The minimum Gasteiger partial charge on any atom is -0.261 e. The molecule has 0 saturated heterocycles. The van der Waals surface area contributed by atoms with Gasteiger partial charge in [-0.25, -0.2) is 0 Å². The SMILES string of the molecule is Cc1cc(Br)c(CCl)cn1. The van der Waals surface area contributed by atoms with Crippen LogP contribution in [-0.4, -0.2) is 4.98 Å². The maximum absolute atomic E-state index is 5.61. The zero-order valence-corrected chi connectivity index (χ0v) is 7.91. The fourth-order valence-corrected chi connectivity index (χ4v) is 1.60. The molecule has 0 atom stereocenters. The van der Waals surface area contributed by atoms with E-state index in [4.69, 9.17) is 11.6 Å². The maximum atomic E-state index is 5.61. The summed E-state index contributed by atoms with van der Waals surface area (Å²) in [6, 6.07) is 1.96. The molecular weight excluding hydrogens is 213 g/mol. The standard InChI is InChI=1S/C7H7BrClN/c1-5-2-7(8)6(3-9)4-10-5/h2,4H,3H2,1H3. The van der Waals surface area contributed by atoms with Gasteiger partial charge >= 0.3 is 0 Å². The van der Waals surface area contributed by atoms with E-state index < -0.39 is 0 Å². The van der Waals surface area contributed by atoms with E-state index >= 15 is 0 Å². The Morgan fingerprint density at radius 2 is 2.40 bits per heavy atom. The van der Waals surface area contributed by atoms with Crippen molar-refractivity contribution in [3.05, 3.63) is 28.0 Å². The molecule has 1 aromatic rings. The van der Waals surface area contributed by atoms with Crippen molar-refractivity contribution in [1.29, 1.82) is 0 Å². The minimum atomic E-state index is 0.508. The van der Waals surface area contributed by atoms with Crippen molar-refractivity contribution in [2.45, 2.75) is 12.8 Å². The Morgan fingerprint density at radius 3 is 2.90 bits per heavy atom. The summed E-state index contributed by atoms with van der Waals surface area (Å²) < 4.78 is 1.04. The van der Waals surface area contributed by atoms with E-state index in [1.54, 1.807) is 6.20 Å². The third-order valence-electron chi connectivity index (χ3n) is 1.21. The van der Waals surface area contributed by atoms with Gasteiger partial charge in [0.25, 0.3) is 0 Å². The second kappa shape index (κ2) is 3.35. The van der Waals surface area contributed by atoms with Crippen molar-refractivity contribution in [3.8, 4) is 0 Å². The van der Waals surface area contributed by atoms with Gasteiger partial charge in [0.2, 0.25) is 0 Å². The van der Waals surface area contributed by atoms with Gasteiger partial charge in [-0.3, -0.25) is 4.98 Å². The zero-order chi connectivity index (χ0) is 7.56. The molecule has 0 unspecified atom stereocenters. The smallest absolute Gasteiger partial charge is 0.0500 e. The van der Waals surface area contributed by atoms with Crippen molar-refractivity contribution in [1.82, 2.24) is 4.98 Å². The topological polar surface area (TPSA) is 12.9 Å². The highest BCUT2D eigenvalue weighted by molar-refractivity contribution is 9.10. The Balaban J connectivity index is 3.07. The van der Waals surface area contributed by atoms with E-state index in [0.29, 0.717) is 5.88 Å². The van der Waals surface area contributed by atoms with Crippen molar-refractivity contribution in [2.24, 2.45) is 0 Å². The third kappa shape index (κ3) is 1.70. The second-order valence-electron chi connectivity index (χ2n) is 2.05. The molecule has 0 saturated carbocycles. The fraction of sp³-hybridized carbons (Fsp3) is 0.286. The van der Waals surface area contributed by atoms with Gasteiger partial charge in [0.05, 0.1) is 5.88 Å². The molecule has 1 rings (SSSR count). The largest absolute Gasteiger partial charge is 0.261 e. The van der Waals surface area contributed by atoms with Gasteiger partial charge in [0.15, 0.2) is 0 Å². The van der Waals surface area contributed by atoms with Gasteiger partial charge < -0.3 is 0 Å². The minimum absolute atomic E-state index is 0.508. The van der Waals surface area contributed by atoms with Crippen LogP contribution in [0, 0.1) is 6.92 Å². The second-order valence-corrected chi connectivity index (χ2v) is 3.17. The lowest BCUT2D eigenvalue weighted by Gasteiger charge is -1.98. The molecule has 1 heterocycles. The van der Waals surface area contributed by atoms with Gasteiger partial charge in [0, 0.05) is 16.4 Å². The van der Waals surface area contributed by atoms with Crippen LogP contribution in [0.5, 0.6) is 0 Å². The Bertz CT molecular complexity index is 237. The summed E-state index contributed by atoms with van der Waals surface area (Å²) in [6.45, 7) is 1.95. The average Bonchev–Trinajstić information content (AvgIpc) is 1.88. The lowest BCUT2D eigenvalue weighted by molar-refractivity contribution is 1.15. The first-order valence-electron chi connectivity index (χ1n) is 2.91. The molecule has 1 aromatic heterocycles. The molecule has 0 spiro atoms. The number of nitrogens with zero attached hydrogens (tertiary/aromatic N) is 1. The predicted molar refractivity (Wildman–Crippen MR) is 46.2 cm³/mol. The molecule has 0 aromatic carbocycles. The molecule has 0 bridgehead atoms. The molecule has 0 aliphatic heterocycles. The maximum Gasteiger partial charge on any atom is 0.0500 e. The van der Waals surface area contributed by atoms with E-state index in [-0.39, 0.29) is 0 Å². The van der Waals surface area contributed by atoms with E-state index in [9.17, 15) is 0 Å². The Kier molecular flexibility index (Phi) is 2.69. The van der Waals surface area contributed by atoms with Crippen LogP contribution in [0.2, 0.25) is 0 Å². The molecule has 54 valence electrons. The highest BCUT2D eigenvalue weighted by atomic mass is 79.9. The van der Waals surface area contributed by atoms with Gasteiger partial charge in [-0.2, -0.15) is 0 Å². The quantitative estimate of drug-likeness (QED) is 0.663. The number of alkyl halides is 1. The Hall–Kier alpha value is -0.0800. The molecule has 10 heavy (non-hydrogen) atoms. The summed E-state index contributed by atoms with van der Waals surface area (Å²) in [4.78, 5) is 4.10. The number of pyridine rings is 1. The van der Waals surface area contributed by atoms with E-state index in [1.165, 1.54) is 0 Å². The van der Waals surface area contributed by atoms with Crippen LogP contribution < -0.4 is 0 Å². The number of rotatable bonds is 1. The van der Waals surface area contributed by atoms with Crippen molar-refractivity contribution >= 4 is 27.5 Å². The Morgan fingerprint density at radius 1 is 1.70 bits per heavy atom. The monoisotopic (exact) mass is 219 g/mol. The number of hydrogen-bond donors (Lipinski definition) is 0.